The van der Waals surface area contributed by atoms with Crippen LogP contribution in [-0.4, -0.2) is 63.5 Å². The van der Waals surface area contributed by atoms with Crippen LogP contribution in [0.5, 0.6) is 5.75 Å². The van der Waals surface area contributed by atoms with Crippen LogP contribution in [0.4, 0.5) is 0 Å². The predicted molar refractivity (Wildman–Crippen MR) is 146 cm³/mol. The number of benzene rings is 3. The van der Waals surface area contributed by atoms with Gasteiger partial charge in [0.15, 0.2) is 6.61 Å². The Labute approximate surface area is 219 Å². The van der Waals surface area contributed by atoms with Gasteiger partial charge in [0.05, 0.1) is 4.90 Å². The molecule has 1 amide bonds. The van der Waals surface area contributed by atoms with Gasteiger partial charge < -0.3 is 9.64 Å². The molecule has 1 aliphatic rings. The molecule has 1 N–H and O–H groups in total. The molecule has 3 aromatic carbocycles. The zero-order valence-corrected chi connectivity index (χ0v) is 21.8. The Bertz CT molecular complexity index is 1270. The molecule has 0 aromatic heterocycles. The molecule has 0 bridgehead atoms. The van der Waals surface area contributed by atoms with Gasteiger partial charge in [0.25, 0.3) is 5.91 Å². The summed E-state index contributed by atoms with van der Waals surface area (Å²) in [6.45, 7) is 5.51. The number of hydrogen-bond acceptors (Lipinski definition) is 5. The highest BCUT2D eigenvalue weighted by molar-refractivity contribution is 7.89. The summed E-state index contributed by atoms with van der Waals surface area (Å²) in [4.78, 5) is 16.9. The molecule has 1 fully saturated rings. The minimum atomic E-state index is -3.69. The molecule has 1 atom stereocenters. The second kappa shape index (κ2) is 12.7. The smallest absolute Gasteiger partial charge is 0.260 e. The van der Waals surface area contributed by atoms with Crippen LogP contribution < -0.4 is 9.46 Å². The van der Waals surface area contributed by atoms with E-state index >= 15 is 0 Å². The Kier molecular flexibility index (Phi) is 9.11. The third kappa shape index (κ3) is 7.76. The standard InChI is InChI=1S/C29H33N3O4S/c1-24(26-12-6-3-7-13-26)30-37(34,35)28-16-14-27(15-17-28)36-23-29(33)32-21-19-31(20-22-32)18-8-11-25-9-4-2-5-10-25/h2-17,24,30H,18-23H2,1H3/b11-8+/t24-/m0/s1. The zero-order chi connectivity index (χ0) is 26.1. The van der Waals surface area contributed by atoms with Crippen LogP contribution in [0.15, 0.2) is 95.9 Å². The lowest BCUT2D eigenvalue weighted by atomic mass is 10.1. The number of nitrogens with zero attached hydrogens (tertiary/aromatic N) is 2. The number of sulfonamides is 1. The van der Waals surface area contributed by atoms with Crippen LogP contribution in [0.2, 0.25) is 0 Å². The molecule has 8 heteroatoms. The Morgan fingerprint density at radius 2 is 1.54 bits per heavy atom. The first kappa shape index (κ1) is 26.6. The van der Waals surface area contributed by atoms with Crippen LogP contribution >= 0.6 is 0 Å². The first-order chi connectivity index (χ1) is 17.9. The van der Waals surface area contributed by atoms with Gasteiger partial charge in [-0.25, -0.2) is 13.1 Å². The maximum atomic E-state index is 12.7. The maximum Gasteiger partial charge on any atom is 0.260 e. The summed E-state index contributed by atoms with van der Waals surface area (Å²) in [5, 5.41) is 0. The van der Waals surface area contributed by atoms with E-state index in [0.717, 1.165) is 25.2 Å². The molecule has 1 aliphatic heterocycles. The average Bonchev–Trinajstić information content (AvgIpc) is 2.93. The summed E-state index contributed by atoms with van der Waals surface area (Å²) < 4.78 is 33.8. The van der Waals surface area contributed by atoms with Gasteiger partial charge in [0.2, 0.25) is 10.0 Å². The van der Waals surface area contributed by atoms with Crippen LogP contribution in [0.25, 0.3) is 6.08 Å². The van der Waals surface area contributed by atoms with Crippen LogP contribution in [-0.2, 0) is 14.8 Å². The SMILES string of the molecule is C[C@H](NS(=O)(=O)c1ccc(OCC(=O)N2CCN(C/C=C/c3ccccc3)CC2)cc1)c1ccccc1. The predicted octanol–water partition coefficient (Wildman–Crippen LogP) is 3.96. The molecule has 4 rings (SSSR count). The monoisotopic (exact) mass is 519 g/mol. The fraction of sp³-hybridized carbons (Fsp3) is 0.276. The van der Waals surface area contributed by atoms with E-state index in [0.29, 0.717) is 18.8 Å². The Hall–Kier alpha value is -3.46. The van der Waals surface area contributed by atoms with Gasteiger partial charge >= 0.3 is 0 Å². The zero-order valence-electron chi connectivity index (χ0n) is 21.0. The molecule has 0 spiro atoms. The minimum Gasteiger partial charge on any atom is -0.484 e. The van der Waals surface area contributed by atoms with E-state index in [-0.39, 0.29) is 23.5 Å². The molecule has 0 unspecified atom stereocenters. The van der Waals surface area contributed by atoms with Gasteiger partial charge in [-0.1, -0.05) is 72.8 Å². The van der Waals surface area contributed by atoms with Crippen molar-refractivity contribution in [1.29, 1.82) is 0 Å². The Morgan fingerprint density at radius 1 is 0.919 bits per heavy atom. The quantitative estimate of drug-likeness (QED) is 0.439. The molecule has 0 saturated carbocycles. The van der Waals surface area contributed by atoms with E-state index < -0.39 is 10.0 Å². The number of amides is 1. The van der Waals surface area contributed by atoms with Crippen LogP contribution in [0.3, 0.4) is 0 Å². The average molecular weight is 520 g/mol. The molecule has 194 valence electrons. The van der Waals surface area contributed by atoms with E-state index in [4.69, 9.17) is 4.74 Å². The topological polar surface area (TPSA) is 78.9 Å². The molecular weight excluding hydrogens is 486 g/mol. The number of nitrogens with one attached hydrogen (secondary N) is 1. The van der Waals surface area contributed by atoms with E-state index in [1.54, 1.807) is 19.1 Å². The number of carbonyl (C=O) groups excluding carboxylic acids is 1. The van der Waals surface area contributed by atoms with Gasteiger partial charge in [-0.3, -0.25) is 9.69 Å². The van der Waals surface area contributed by atoms with Crippen molar-refractivity contribution >= 4 is 22.0 Å². The summed E-state index contributed by atoms with van der Waals surface area (Å²) >= 11 is 0. The summed E-state index contributed by atoms with van der Waals surface area (Å²) in [6.07, 6.45) is 4.26. The second-order valence-electron chi connectivity index (χ2n) is 9.01. The van der Waals surface area contributed by atoms with Gasteiger partial charge in [0, 0.05) is 38.8 Å². The van der Waals surface area contributed by atoms with Crippen molar-refractivity contribution in [2.45, 2.75) is 17.9 Å². The number of piperazine rings is 1. The number of hydrogen-bond donors (Lipinski definition) is 1. The molecule has 3 aromatic rings. The second-order valence-corrected chi connectivity index (χ2v) is 10.7. The third-order valence-corrected chi connectivity index (χ3v) is 7.88. The van der Waals surface area contributed by atoms with Crippen molar-refractivity contribution in [3.05, 3.63) is 102 Å². The Balaban J connectivity index is 1.21. The molecule has 0 radical (unpaired) electrons. The normalized spacial score (nSPS) is 15.5. The molecule has 37 heavy (non-hydrogen) atoms. The maximum absolute atomic E-state index is 12.7. The lowest BCUT2D eigenvalue weighted by Gasteiger charge is -2.34. The van der Waals surface area contributed by atoms with Crippen LogP contribution in [0, 0.1) is 0 Å². The lowest BCUT2D eigenvalue weighted by Crippen LogP contribution is -2.49. The first-order valence-corrected chi connectivity index (χ1v) is 13.9. The van der Waals surface area contributed by atoms with Crippen molar-refractivity contribution in [2.24, 2.45) is 0 Å². The van der Waals surface area contributed by atoms with Crippen molar-refractivity contribution in [3.63, 3.8) is 0 Å². The van der Waals surface area contributed by atoms with Gasteiger partial charge in [-0.05, 0) is 42.3 Å². The highest BCUT2D eigenvalue weighted by Gasteiger charge is 2.21. The first-order valence-electron chi connectivity index (χ1n) is 12.4. The highest BCUT2D eigenvalue weighted by Crippen LogP contribution is 2.19. The van der Waals surface area contributed by atoms with Gasteiger partial charge in [0.1, 0.15) is 5.75 Å². The number of carbonyl (C=O) groups is 1. The molecule has 7 nitrogen and oxygen atoms in total. The Morgan fingerprint density at radius 3 is 2.19 bits per heavy atom. The number of rotatable bonds is 10. The molecular formula is C29H33N3O4S. The van der Waals surface area contributed by atoms with Crippen molar-refractivity contribution in [2.75, 3.05) is 39.3 Å². The van der Waals surface area contributed by atoms with Crippen molar-refractivity contribution in [3.8, 4) is 5.75 Å². The molecule has 1 heterocycles. The summed E-state index contributed by atoms with van der Waals surface area (Å²) in [5.74, 6) is 0.377. The summed E-state index contributed by atoms with van der Waals surface area (Å²) in [5.41, 5.74) is 2.06. The van der Waals surface area contributed by atoms with Crippen LogP contribution in [0.1, 0.15) is 24.1 Å². The fourth-order valence-corrected chi connectivity index (χ4v) is 5.38. The van der Waals surface area contributed by atoms with E-state index in [9.17, 15) is 13.2 Å². The summed E-state index contributed by atoms with van der Waals surface area (Å²) in [7, 11) is -3.69. The van der Waals surface area contributed by atoms with E-state index in [1.807, 2.05) is 53.4 Å². The largest absolute Gasteiger partial charge is 0.484 e. The third-order valence-electron chi connectivity index (χ3n) is 6.33. The molecule has 1 saturated heterocycles. The molecule has 0 aliphatic carbocycles. The highest BCUT2D eigenvalue weighted by atomic mass is 32.2. The van der Waals surface area contributed by atoms with E-state index in [2.05, 4.69) is 33.9 Å². The fourth-order valence-electron chi connectivity index (χ4n) is 4.14. The van der Waals surface area contributed by atoms with E-state index in [1.165, 1.54) is 17.7 Å². The van der Waals surface area contributed by atoms with Gasteiger partial charge in [-0.2, -0.15) is 0 Å². The van der Waals surface area contributed by atoms with Gasteiger partial charge in [-0.15, -0.1) is 0 Å². The number of ether oxygens (including phenoxy) is 1. The minimum absolute atomic E-state index is 0.0745. The lowest BCUT2D eigenvalue weighted by molar-refractivity contribution is -0.135. The van der Waals surface area contributed by atoms with Crippen molar-refractivity contribution in [1.82, 2.24) is 14.5 Å². The summed E-state index contributed by atoms with van der Waals surface area (Å²) in [6, 6.07) is 25.3. The van der Waals surface area contributed by atoms with Crippen molar-refractivity contribution < 1.29 is 17.9 Å².